The average Bonchev–Trinajstić information content (AvgIpc) is 3.26. The summed E-state index contributed by atoms with van der Waals surface area (Å²) in [6, 6.07) is 5.22. The van der Waals surface area contributed by atoms with Crippen LogP contribution in [0.4, 0.5) is 5.69 Å². The van der Waals surface area contributed by atoms with E-state index in [1.165, 1.54) is 0 Å². The van der Waals surface area contributed by atoms with Gasteiger partial charge in [0.25, 0.3) is 0 Å². The zero-order chi connectivity index (χ0) is 23.6. The molecular weight excluding hydrogens is 438 g/mol. The number of fused-ring (bicyclic) bond motifs is 1. The Bertz CT molecular complexity index is 985. The van der Waals surface area contributed by atoms with Crippen molar-refractivity contribution in [2.75, 3.05) is 31.1 Å². The van der Waals surface area contributed by atoms with Crippen molar-refractivity contribution >= 4 is 27.5 Å². The Morgan fingerprint density at radius 3 is 2.42 bits per heavy atom. The molecule has 0 bridgehead atoms. The van der Waals surface area contributed by atoms with Crippen LogP contribution in [0.15, 0.2) is 23.1 Å². The molecule has 1 atom stereocenters. The Morgan fingerprint density at radius 2 is 1.70 bits per heavy atom. The van der Waals surface area contributed by atoms with Crippen molar-refractivity contribution in [1.29, 1.82) is 0 Å². The Kier molecular flexibility index (Phi) is 7.43. The Morgan fingerprint density at radius 1 is 0.970 bits per heavy atom. The normalized spacial score (nSPS) is 22.4. The topological polar surface area (TPSA) is 78.0 Å². The SMILES string of the molecule is CC[C@H]1CCCCN1S(=O)(=O)c1ccc2c(c1)CCN2C(=O)CCC(=O)N1CCC(C)CC1. The first-order chi connectivity index (χ1) is 15.8. The summed E-state index contributed by atoms with van der Waals surface area (Å²) >= 11 is 0. The van der Waals surface area contributed by atoms with E-state index in [9.17, 15) is 18.0 Å². The fraction of sp³-hybridized carbons (Fsp3) is 0.680. The molecule has 1 aromatic rings. The van der Waals surface area contributed by atoms with E-state index in [-0.39, 0.29) is 30.7 Å². The molecular formula is C25H37N3O4S. The molecule has 2 amide bonds. The first-order valence-electron chi connectivity index (χ1n) is 12.5. The molecule has 3 aliphatic rings. The number of sulfonamides is 1. The summed E-state index contributed by atoms with van der Waals surface area (Å²) in [6.45, 7) is 6.94. The fourth-order valence-corrected chi connectivity index (χ4v) is 7.21. The van der Waals surface area contributed by atoms with Crippen molar-refractivity contribution in [3.05, 3.63) is 23.8 Å². The van der Waals surface area contributed by atoms with Gasteiger partial charge in [-0.25, -0.2) is 8.42 Å². The molecule has 0 aromatic heterocycles. The van der Waals surface area contributed by atoms with E-state index >= 15 is 0 Å². The summed E-state index contributed by atoms with van der Waals surface area (Å²) in [6.07, 6.45) is 6.83. The molecule has 7 nitrogen and oxygen atoms in total. The van der Waals surface area contributed by atoms with E-state index < -0.39 is 10.0 Å². The van der Waals surface area contributed by atoms with Gasteiger partial charge in [-0.1, -0.05) is 20.3 Å². The minimum absolute atomic E-state index is 0.0584. The monoisotopic (exact) mass is 475 g/mol. The van der Waals surface area contributed by atoms with Crippen LogP contribution < -0.4 is 4.90 Å². The van der Waals surface area contributed by atoms with Gasteiger partial charge in [0.2, 0.25) is 21.8 Å². The molecule has 3 aliphatic heterocycles. The predicted molar refractivity (Wildman–Crippen MR) is 129 cm³/mol. The molecule has 3 heterocycles. The Labute approximate surface area is 198 Å². The lowest BCUT2D eigenvalue weighted by molar-refractivity contribution is -0.134. The minimum Gasteiger partial charge on any atom is -0.343 e. The van der Waals surface area contributed by atoms with E-state index in [1.807, 2.05) is 11.8 Å². The molecule has 33 heavy (non-hydrogen) atoms. The van der Waals surface area contributed by atoms with Gasteiger partial charge in [-0.3, -0.25) is 9.59 Å². The number of benzene rings is 1. The number of hydrogen-bond donors (Lipinski definition) is 0. The average molecular weight is 476 g/mol. The van der Waals surface area contributed by atoms with Gasteiger partial charge in [-0.15, -0.1) is 0 Å². The number of piperidine rings is 2. The van der Waals surface area contributed by atoms with Crippen LogP contribution in [0.25, 0.3) is 0 Å². The lowest BCUT2D eigenvalue weighted by atomic mass is 9.99. The summed E-state index contributed by atoms with van der Waals surface area (Å²) in [5.74, 6) is 0.654. The smallest absolute Gasteiger partial charge is 0.243 e. The van der Waals surface area contributed by atoms with Crippen LogP contribution in [0, 0.1) is 5.92 Å². The van der Waals surface area contributed by atoms with E-state index in [4.69, 9.17) is 0 Å². The molecule has 2 fully saturated rings. The van der Waals surface area contributed by atoms with Crippen LogP contribution in [-0.4, -0.2) is 61.7 Å². The fourth-order valence-electron chi connectivity index (χ4n) is 5.40. The van der Waals surface area contributed by atoms with Gasteiger partial charge >= 0.3 is 0 Å². The van der Waals surface area contributed by atoms with Crippen LogP contribution in [-0.2, 0) is 26.0 Å². The summed E-state index contributed by atoms with van der Waals surface area (Å²) in [5, 5.41) is 0. The summed E-state index contributed by atoms with van der Waals surface area (Å²) in [7, 11) is -3.54. The summed E-state index contributed by atoms with van der Waals surface area (Å²) < 4.78 is 28.3. The van der Waals surface area contributed by atoms with Gasteiger partial charge in [-0.2, -0.15) is 4.31 Å². The molecule has 2 saturated heterocycles. The van der Waals surface area contributed by atoms with Crippen LogP contribution in [0.2, 0.25) is 0 Å². The molecule has 0 aliphatic carbocycles. The molecule has 0 N–H and O–H groups in total. The van der Waals surface area contributed by atoms with Crippen molar-refractivity contribution in [2.45, 2.75) is 82.6 Å². The van der Waals surface area contributed by atoms with E-state index in [0.717, 1.165) is 62.9 Å². The Balaban J connectivity index is 1.40. The lowest BCUT2D eigenvalue weighted by Crippen LogP contribution is -2.43. The molecule has 4 rings (SSSR count). The third-order valence-electron chi connectivity index (χ3n) is 7.59. The van der Waals surface area contributed by atoms with Crippen LogP contribution >= 0.6 is 0 Å². The number of nitrogens with zero attached hydrogens (tertiary/aromatic N) is 3. The molecule has 1 aromatic carbocycles. The first-order valence-corrected chi connectivity index (χ1v) is 14.0. The summed E-state index contributed by atoms with van der Waals surface area (Å²) in [5.41, 5.74) is 1.68. The number of amides is 2. The second-order valence-corrected chi connectivity index (χ2v) is 11.7. The maximum absolute atomic E-state index is 13.3. The van der Waals surface area contributed by atoms with Crippen molar-refractivity contribution in [3.8, 4) is 0 Å². The van der Waals surface area contributed by atoms with Crippen LogP contribution in [0.5, 0.6) is 0 Å². The van der Waals surface area contributed by atoms with Gasteiger partial charge in [0.1, 0.15) is 0 Å². The van der Waals surface area contributed by atoms with Gasteiger partial charge in [0, 0.05) is 50.7 Å². The third kappa shape index (κ3) is 5.11. The molecule has 0 unspecified atom stereocenters. The molecule has 0 saturated carbocycles. The highest BCUT2D eigenvalue weighted by molar-refractivity contribution is 7.89. The quantitative estimate of drug-likeness (QED) is 0.630. The van der Waals surface area contributed by atoms with Crippen molar-refractivity contribution in [3.63, 3.8) is 0 Å². The summed E-state index contributed by atoms with van der Waals surface area (Å²) in [4.78, 5) is 29.3. The second kappa shape index (κ2) is 10.1. The predicted octanol–water partition coefficient (Wildman–Crippen LogP) is 3.57. The van der Waals surface area contributed by atoms with E-state index in [0.29, 0.717) is 30.3 Å². The van der Waals surface area contributed by atoms with Gasteiger partial charge in [0.05, 0.1) is 4.90 Å². The number of carbonyl (C=O) groups is 2. The molecule has 0 radical (unpaired) electrons. The first kappa shape index (κ1) is 24.2. The number of likely N-dealkylation sites (tertiary alicyclic amines) is 1. The zero-order valence-electron chi connectivity index (χ0n) is 20.0. The van der Waals surface area contributed by atoms with Crippen LogP contribution in [0.1, 0.15) is 70.8 Å². The Hall–Kier alpha value is -1.93. The largest absolute Gasteiger partial charge is 0.343 e. The number of hydrogen-bond acceptors (Lipinski definition) is 4. The van der Waals surface area contributed by atoms with E-state index in [2.05, 4.69) is 6.92 Å². The second-order valence-electron chi connectivity index (χ2n) is 9.82. The van der Waals surface area contributed by atoms with Crippen LogP contribution in [0.3, 0.4) is 0 Å². The number of carbonyl (C=O) groups excluding carboxylic acids is 2. The highest BCUT2D eigenvalue weighted by Gasteiger charge is 2.34. The maximum atomic E-state index is 13.3. The number of rotatable bonds is 6. The molecule has 8 heteroatoms. The molecule has 182 valence electrons. The highest BCUT2D eigenvalue weighted by Crippen LogP contribution is 2.33. The van der Waals surface area contributed by atoms with Gasteiger partial charge in [0.15, 0.2) is 0 Å². The standard InChI is InChI=1S/C25H37N3O4S/c1-3-21-6-4-5-14-28(21)33(31,32)22-7-8-23-20(18-22)13-17-27(23)25(30)10-9-24(29)26-15-11-19(2)12-16-26/h7-8,18-19,21H,3-6,9-17H2,1-2H3/t21-/m0/s1. The zero-order valence-corrected chi connectivity index (χ0v) is 20.8. The minimum atomic E-state index is -3.54. The third-order valence-corrected chi connectivity index (χ3v) is 9.54. The van der Waals surface area contributed by atoms with Gasteiger partial charge < -0.3 is 9.80 Å². The van der Waals surface area contributed by atoms with Crippen molar-refractivity contribution < 1.29 is 18.0 Å². The van der Waals surface area contributed by atoms with E-state index in [1.54, 1.807) is 27.4 Å². The van der Waals surface area contributed by atoms with Crippen molar-refractivity contribution in [2.24, 2.45) is 5.92 Å². The number of anilines is 1. The molecule has 0 spiro atoms. The highest BCUT2D eigenvalue weighted by atomic mass is 32.2. The lowest BCUT2D eigenvalue weighted by Gasteiger charge is -2.34. The van der Waals surface area contributed by atoms with Crippen molar-refractivity contribution in [1.82, 2.24) is 9.21 Å². The van der Waals surface area contributed by atoms with Gasteiger partial charge in [-0.05, 0) is 68.2 Å². The maximum Gasteiger partial charge on any atom is 0.243 e.